The van der Waals surface area contributed by atoms with Crippen molar-refractivity contribution in [2.45, 2.75) is 13.3 Å². The largest absolute Gasteiger partial charge is 0.357 e. The van der Waals surface area contributed by atoms with Gasteiger partial charge in [0.2, 0.25) is 0 Å². The second-order valence-corrected chi connectivity index (χ2v) is 4.19. The smallest absolute Gasteiger partial charge is 0.192 e. The van der Waals surface area contributed by atoms with Crippen LogP contribution >= 0.6 is 0 Å². The van der Waals surface area contributed by atoms with Crippen molar-refractivity contribution in [2.24, 2.45) is 10.9 Å². The fourth-order valence-electron chi connectivity index (χ4n) is 1.87. The molecule has 1 rings (SSSR count). The molecule has 4 heteroatoms. The lowest BCUT2D eigenvalue weighted by atomic mass is 10.1. The molecule has 1 aliphatic rings. The molecule has 0 aromatic carbocycles. The van der Waals surface area contributed by atoms with Gasteiger partial charge in [-0.2, -0.15) is 0 Å². The quantitative estimate of drug-likeness (QED) is 0.403. The zero-order valence-electron chi connectivity index (χ0n) is 10.3. The maximum absolute atomic E-state index is 5.21. The molecule has 1 atom stereocenters. The molecular weight excluding hydrogens is 200 g/mol. The molecule has 0 aliphatic carbocycles. The van der Waals surface area contributed by atoms with Gasteiger partial charge >= 0.3 is 0 Å². The molecule has 0 bridgehead atoms. The van der Waals surface area contributed by atoms with E-state index in [1.807, 2.05) is 0 Å². The lowest BCUT2D eigenvalue weighted by Crippen LogP contribution is -2.37. The molecule has 2 N–H and O–H groups in total. The Morgan fingerprint density at radius 2 is 2.38 bits per heavy atom. The molecule has 16 heavy (non-hydrogen) atoms. The van der Waals surface area contributed by atoms with Gasteiger partial charge in [0.05, 0.1) is 6.54 Å². The summed E-state index contributed by atoms with van der Waals surface area (Å²) in [6, 6.07) is 0. The predicted molar refractivity (Wildman–Crippen MR) is 68.4 cm³/mol. The predicted octanol–water partition coefficient (Wildman–Crippen LogP) is 0.126. The van der Waals surface area contributed by atoms with E-state index in [1.165, 1.54) is 13.0 Å². The molecule has 1 heterocycles. The van der Waals surface area contributed by atoms with Crippen LogP contribution in [0.4, 0.5) is 0 Å². The summed E-state index contributed by atoms with van der Waals surface area (Å²) in [5, 5.41) is 6.28. The monoisotopic (exact) mass is 222 g/mol. The van der Waals surface area contributed by atoms with Crippen LogP contribution in [-0.2, 0) is 0 Å². The summed E-state index contributed by atoms with van der Waals surface area (Å²) in [5.74, 6) is 4.07. The number of hydrogen-bond acceptors (Lipinski definition) is 2. The Balaban J connectivity index is 2.35. The molecule has 0 spiro atoms. The molecular formula is C12H22N4. The average molecular weight is 222 g/mol. The van der Waals surface area contributed by atoms with Crippen LogP contribution in [0.2, 0.25) is 0 Å². The van der Waals surface area contributed by atoms with Gasteiger partial charge in [0.1, 0.15) is 0 Å². The van der Waals surface area contributed by atoms with Crippen molar-refractivity contribution in [1.82, 2.24) is 15.5 Å². The maximum atomic E-state index is 5.21. The summed E-state index contributed by atoms with van der Waals surface area (Å²) in [6.07, 6.45) is 6.45. The molecule has 0 radical (unpaired) electrons. The highest BCUT2D eigenvalue weighted by Gasteiger charge is 2.18. The Morgan fingerprint density at radius 3 is 2.94 bits per heavy atom. The standard InChI is InChI=1S/C12H22N4/c1-4-7-14-12(13-5-2)15-9-11-6-8-16(3)10-11/h1,11H,5-10H2,2-3H3,(H2,13,14,15). The van der Waals surface area contributed by atoms with E-state index in [2.05, 4.69) is 40.4 Å². The van der Waals surface area contributed by atoms with Crippen molar-refractivity contribution >= 4 is 5.96 Å². The summed E-state index contributed by atoms with van der Waals surface area (Å²) in [5.41, 5.74) is 0. The van der Waals surface area contributed by atoms with Crippen LogP contribution in [0.15, 0.2) is 4.99 Å². The highest BCUT2D eigenvalue weighted by atomic mass is 15.2. The van der Waals surface area contributed by atoms with E-state index in [9.17, 15) is 0 Å². The van der Waals surface area contributed by atoms with Crippen LogP contribution < -0.4 is 10.6 Å². The third-order valence-corrected chi connectivity index (χ3v) is 2.70. The van der Waals surface area contributed by atoms with Crippen molar-refractivity contribution in [1.29, 1.82) is 0 Å². The fraction of sp³-hybridized carbons (Fsp3) is 0.750. The van der Waals surface area contributed by atoms with Crippen LogP contribution in [0.3, 0.4) is 0 Å². The number of rotatable bonds is 4. The van der Waals surface area contributed by atoms with Crippen LogP contribution in [0.5, 0.6) is 0 Å². The number of hydrogen-bond donors (Lipinski definition) is 2. The number of likely N-dealkylation sites (tertiary alicyclic amines) is 1. The van der Waals surface area contributed by atoms with E-state index >= 15 is 0 Å². The van der Waals surface area contributed by atoms with Crippen molar-refractivity contribution in [3.63, 3.8) is 0 Å². The first kappa shape index (κ1) is 12.9. The van der Waals surface area contributed by atoms with Crippen molar-refractivity contribution in [3.8, 4) is 12.3 Å². The normalized spacial score (nSPS) is 21.8. The van der Waals surface area contributed by atoms with Gasteiger partial charge in [0, 0.05) is 19.6 Å². The summed E-state index contributed by atoms with van der Waals surface area (Å²) in [6.45, 7) is 6.66. The van der Waals surface area contributed by atoms with Crippen molar-refractivity contribution in [2.75, 3.05) is 39.8 Å². The molecule has 90 valence electrons. The second-order valence-electron chi connectivity index (χ2n) is 4.19. The lowest BCUT2D eigenvalue weighted by molar-refractivity contribution is 0.397. The fourth-order valence-corrected chi connectivity index (χ4v) is 1.87. The van der Waals surface area contributed by atoms with Gasteiger partial charge in [0.15, 0.2) is 5.96 Å². The van der Waals surface area contributed by atoms with E-state index in [-0.39, 0.29) is 0 Å². The minimum atomic E-state index is 0.524. The molecule has 0 aromatic heterocycles. The topological polar surface area (TPSA) is 39.7 Å². The highest BCUT2D eigenvalue weighted by molar-refractivity contribution is 5.79. The molecule has 0 amide bonds. The van der Waals surface area contributed by atoms with Gasteiger partial charge in [-0.3, -0.25) is 4.99 Å². The van der Waals surface area contributed by atoms with Crippen LogP contribution in [-0.4, -0.2) is 50.6 Å². The minimum absolute atomic E-state index is 0.524. The Bertz CT molecular complexity index is 267. The third kappa shape index (κ3) is 4.54. The Labute approximate surface area is 98.5 Å². The van der Waals surface area contributed by atoms with Crippen LogP contribution in [0, 0.1) is 18.3 Å². The summed E-state index contributed by atoms with van der Waals surface area (Å²) >= 11 is 0. The number of nitrogens with one attached hydrogen (secondary N) is 2. The molecule has 1 aliphatic heterocycles. The zero-order chi connectivity index (χ0) is 11.8. The van der Waals surface area contributed by atoms with Gasteiger partial charge in [-0.25, -0.2) is 0 Å². The van der Waals surface area contributed by atoms with Gasteiger partial charge in [-0.05, 0) is 32.9 Å². The number of aliphatic imine (C=N–C) groups is 1. The van der Waals surface area contributed by atoms with E-state index < -0.39 is 0 Å². The zero-order valence-corrected chi connectivity index (χ0v) is 10.3. The number of terminal acetylenes is 1. The minimum Gasteiger partial charge on any atom is -0.357 e. The molecule has 1 saturated heterocycles. The van der Waals surface area contributed by atoms with Gasteiger partial charge in [0.25, 0.3) is 0 Å². The van der Waals surface area contributed by atoms with Gasteiger partial charge in [-0.1, -0.05) is 5.92 Å². The SMILES string of the molecule is C#CCNC(=NCC1CCN(C)C1)NCC. The Morgan fingerprint density at radius 1 is 1.56 bits per heavy atom. The first-order chi connectivity index (χ1) is 7.76. The first-order valence-electron chi connectivity index (χ1n) is 5.90. The summed E-state index contributed by atoms with van der Waals surface area (Å²) in [4.78, 5) is 6.89. The van der Waals surface area contributed by atoms with Crippen LogP contribution in [0.25, 0.3) is 0 Å². The Kier molecular flexibility index (Phi) is 5.73. The third-order valence-electron chi connectivity index (χ3n) is 2.70. The van der Waals surface area contributed by atoms with E-state index in [4.69, 9.17) is 6.42 Å². The average Bonchev–Trinajstić information content (AvgIpc) is 2.68. The molecule has 1 fully saturated rings. The Hall–Kier alpha value is -1.21. The first-order valence-corrected chi connectivity index (χ1v) is 5.90. The highest BCUT2D eigenvalue weighted by Crippen LogP contribution is 2.13. The van der Waals surface area contributed by atoms with Gasteiger partial charge < -0.3 is 15.5 Å². The number of guanidine groups is 1. The van der Waals surface area contributed by atoms with Crippen molar-refractivity contribution in [3.05, 3.63) is 0 Å². The van der Waals surface area contributed by atoms with E-state index in [0.717, 1.165) is 25.6 Å². The molecule has 0 aromatic rings. The van der Waals surface area contributed by atoms with Gasteiger partial charge in [-0.15, -0.1) is 6.42 Å². The van der Waals surface area contributed by atoms with Crippen LogP contribution in [0.1, 0.15) is 13.3 Å². The molecule has 0 saturated carbocycles. The second kappa shape index (κ2) is 7.13. The maximum Gasteiger partial charge on any atom is 0.192 e. The van der Waals surface area contributed by atoms with E-state index in [1.54, 1.807) is 0 Å². The molecule has 4 nitrogen and oxygen atoms in total. The number of nitrogens with zero attached hydrogens (tertiary/aromatic N) is 2. The lowest BCUT2D eigenvalue weighted by Gasteiger charge is -2.11. The summed E-state index contributed by atoms with van der Waals surface area (Å²) in [7, 11) is 2.16. The molecule has 1 unspecified atom stereocenters. The van der Waals surface area contributed by atoms with Crippen molar-refractivity contribution < 1.29 is 0 Å². The summed E-state index contributed by atoms with van der Waals surface area (Å²) < 4.78 is 0. The van der Waals surface area contributed by atoms with E-state index in [0.29, 0.717) is 12.5 Å².